The van der Waals surface area contributed by atoms with Crippen molar-refractivity contribution in [2.75, 3.05) is 5.73 Å². The predicted octanol–water partition coefficient (Wildman–Crippen LogP) is 4.12. The van der Waals surface area contributed by atoms with E-state index in [1.807, 2.05) is 4.68 Å². The lowest BCUT2D eigenvalue weighted by Gasteiger charge is -2.09. The molecule has 0 aliphatic heterocycles. The molecule has 1 aromatic heterocycles. The second-order valence-corrected chi connectivity index (χ2v) is 5.71. The number of rotatable bonds is 10. The van der Waals surface area contributed by atoms with Gasteiger partial charge in [0.15, 0.2) is 5.82 Å². The van der Waals surface area contributed by atoms with E-state index in [4.69, 9.17) is 5.73 Å². The number of nitrogen functional groups attached to an aromatic ring is 1. The smallest absolute Gasteiger partial charge is 0.169 e. The molecule has 19 heavy (non-hydrogen) atoms. The second kappa shape index (κ2) is 8.94. The first-order chi connectivity index (χ1) is 9.16. The van der Waals surface area contributed by atoms with Gasteiger partial charge < -0.3 is 5.73 Å². The third kappa shape index (κ3) is 5.62. The molecule has 0 saturated carbocycles. The zero-order chi connectivity index (χ0) is 14.1. The fourth-order valence-corrected chi connectivity index (χ4v) is 2.49. The molecule has 0 saturated heterocycles. The maximum Gasteiger partial charge on any atom is 0.169 e. The molecule has 0 fully saturated rings. The van der Waals surface area contributed by atoms with Gasteiger partial charge in [0.25, 0.3) is 0 Å². The Balaban J connectivity index is 2.16. The summed E-state index contributed by atoms with van der Waals surface area (Å²) in [7, 11) is 0. The summed E-state index contributed by atoms with van der Waals surface area (Å²) >= 11 is 0. The molecule has 0 aliphatic carbocycles. The molecule has 4 nitrogen and oxygen atoms in total. The summed E-state index contributed by atoms with van der Waals surface area (Å²) in [5.41, 5.74) is 6.93. The van der Waals surface area contributed by atoms with Crippen molar-refractivity contribution < 1.29 is 0 Å². The first-order valence-corrected chi connectivity index (χ1v) is 7.85. The number of anilines is 1. The van der Waals surface area contributed by atoms with Crippen molar-refractivity contribution in [1.82, 2.24) is 15.0 Å². The number of nitrogens with zero attached hydrogens (tertiary/aromatic N) is 3. The summed E-state index contributed by atoms with van der Waals surface area (Å²) < 4.78 is 1.98. The number of nitrogens with two attached hydrogens (primary N) is 1. The summed E-state index contributed by atoms with van der Waals surface area (Å²) in [6, 6.07) is 0. The van der Waals surface area contributed by atoms with Crippen molar-refractivity contribution in [3.05, 3.63) is 5.69 Å². The van der Waals surface area contributed by atoms with Crippen molar-refractivity contribution in [3.63, 3.8) is 0 Å². The van der Waals surface area contributed by atoms with Gasteiger partial charge >= 0.3 is 0 Å². The van der Waals surface area contributed by atoms with E-state index in [0.29, 0.717) is 11.7 Å². The highest BCUT2D eigenvalue weighted by atomic mass is 15.4. The lowest BCUT2D eigenvalue weighted by atomic mass is 10.1. The Hall–Kier alpha value is -1.06. The fourth-order valence-electron chi connectivity index (χ4n) is 2.49. The molecule has 1 aromatic rings. The summed E-state index contributed by atoms with van der Waals surface area (Å²) in [4.78, 5) is 0. The van der Waals surface area contributed by atoms with Gasteiger partial charge in [0.2, 0.25) is 0 Å². The van der Waals surface area contributed by atoms with Gasteiger partial charge in [0.05, 0.1) is 5.69 Å². The third-order valence-corrected chi connectivity index (χ3v) is 3.57. The van der Waals surface area contributed by atoms with Gasteiger partial charge in [-0.25, -0.2) is 4.68 Å². The molecular formula is C15H30N4. The zero-order valence-electron chi connectivity index (χ0n) is 12.9. The van der Waals surface area contributed by atoms with Crippen molar-refractivity contribution >= 4 is 5.82 Å². The second-order valence-electron chi connectivity index (χ2n) is 5.71. The molecule has 0 spiro atoms. The van der Waals surface area contributed by atoms with E-state index < -0.39 is 0 Å². The molecule has 0 aromatic carbocycles. The van der Waals surface area contributed by atoms with Crippen LogP contribution in [0, 0.1) is 0 Å². The molecule has 110 valence electrons. The Bertz CT molecular complexity index is 344. The minimum Gasteiger partial charge on any atom is -0.381 e. The van der Waals surface area contributed by atoms with Crippen molar-refractivity contribution in [1.29, 1.82) is 0 Å². The molecule has 0 aliphatic rings. The first-order valence-electron chi connectivity index (χ1n) is 7.85. The zero-order valence-corrected chi connectivity index (χ0v) is 12.9. The van der Waals surface area contributed by atoms with E-state index in [1.54, 1.807) is 0 Å². The number of aromatic nitrogens is 3. The van der Waals surface area contributed by atoms with Gasteiger partial charge in [-0.3, -0.25) is 0 Å². The topological polar surface area (TPSA) is 56.7 Å². The summed E-state index contributed by atoms with van der Waals surface area (Å²) in [5.74, 6) is 0.985. The number of hydrogen-bond donors (Lipinski definition) is 1. The Labute approximate surface area is 117 Å². The van der Waals surface area contributed by atoms with Gasteiger partial charge in [0, 0.05) is 6.54 Å². The summed E-state index contributed by atoms with van der Waals surface area (Å²) in [5, 5.41) is 8.11. The van der Waals surface area contributed by atoms with Crippen molar-refractivity contribution in [2.45, 2.75) is 84.6 Å². The van der Waals surface area contributed by atoms with Gasteiger partial charge in [0.1, 0.15) is 0 Å². The number of unbranched alkanes of at least 4 members (excludes halogenated alkanes) is 7. The fraction of sp³-hybridized carbons (Fsp3) is 0.867. The van der Waals surface area contributed by atoms with Gasteiger partial charge in [-0.15, -0.1) is 5.10 Å². The third-order valence-electron chi connectivity index (χ3n) is 3.57. The Morgan fingerprint density at radius 2 is 1.58 bits per heavy atom. The van der Waals surface area contributed by atoms with E-state index in [2.05, 4.69) is 31.1 Å². The molecule has 1 rings (SSSR count). The molecule has 0 radical (unpaired) electrons. The van der Waals surface area contributed by atoms with Crippen LogP contribution in [0.25, 0.3) is 0 Å². The predicted molar refractivity (Wildman–Crippen MR) is 81.1 cm³/mol. The molecule has 1 heterocycles. The quantitative estimate of drug-likeness (QED) is 0.648. The molecule has 2 N–H and O–H groups in total. The average molecular weight is 266 g/mol. The van der Waals surface area contributed by atoms with Crippen LogP contribution < -0.4 is 5.73 Å². The lowest BCUT2D eigenvalue weighted by Crippen LogP contribution is -2.08. The minimum atomic E-state index is 0.393. The highest BCUT2D eigenvalue weighted by Gasteiger charge is 2.12. The molecule has 0 bridgehead atoms. The van der Waals surface area contributed by atoms with Crippen LogP contribution in [-0.4, -0.2) is 15.0 Å². The van der Waals surface area contributed by atoms with Gasteiger partial charge in [-0.2, -0.15) is 0 Å². The Morgan fingerprint density at radius 1 is 1.00 bits per heavy atom. The van der Waals surface area contributed by atoms with Gasteiger partial charge in [-0.1, -0.05) is 70.9 Å². The van der Waals surface area contributed by atoms with Crippen LogP contribution in [0.2, 0.25) is 0 Å². The maximum atomic E-state index is 5.85. The molecule has 0 amide bonds. The van der Waals surface area contributed by atoms with Crippen LogP contribution >= 0.6 is 0 Å². The Morgan fingerprint density at radius 3 is 2.16 bits per heavy atom. The largest absolute Gasteiger partial charge is 0.381 e. The lowest BCUT2D eigenvalue weighted by molar-refractivity contribution is 0.492. The SMILES string of the molecule is CCCCCCCCCCn1nnc(N)c1C(C)C. The van der Waals surface area contributed by atoms with Gasteiger partial charge in [-0.05, 0) is 12.3 Å². The maximum absolute atomic E-state index is 5.85. The summed E-state index contributed by atoms with van der Waals surface area (Å²) in [6.45, 7) is 7.49. The molecular weight excluding hydrogens is 236 g/mol. The van der Waals surface area contributed by atoms with Crippen LogP contribution in [0.1, 0.15) is 83.7 Å². The highest BCUT2D eigenvalue weighted by Crippen LogP contribution is 2.19. The Kier molecular flexibility index (Phi) is 7.53. The van der Waals surface area contributed by atoms with E-state index in [-0.39, 0.29) is 0 Å². The van der Waals surface area contributed by atoms with Crippen LogP contribution in [0.5, 0.6) is 0 Å². The normalized spacial score (nSPS) is 11.4. The molecule has 4 heteroatoms. The molecule has 0 unspecified atom stereocenters. The van der Waals surface area contributed by atoms with Crippen molar-refractivity contribution in [2.24, 2.45) is 0 Å². The van der Waals surface area contributed by atoms with Crippen molar-refractivity contribution in [3.8, 4) is 0 Å². The summed E-state index contributed by atoms with van der Waals surface area (Å²) in [6.07, 6.45) is 10.7. The molecule has 0 atom stereocenters. The van der Waals surface area contributed by atoms with Crippen LogP contribution in [-0.2, 0) is 6.54 Å². The van der Waals surface area contributed by atoms with Crippen LogP contribution in [0.4, 0.5) is 5.82 Å². The standard InChI is InChI=1S/C15H30N4/c1-4-5-6-7-8-9-10-11-12-19-14(13(2)3)15(16)17-18-19/h13H,4-12,16H2,1-3H3. The first kappa shape index (κ1) is 16.0. The highest BCUT2D eigenvalue weighted by molar-refractivity contribution is 5.34. The van der Waals surface area contributed by atoms with E-state index in [9.17, 15) is 0 Å². The minimum absolute atomic E-state index is 0.393. The van der Waals surface area contributed by atoms with E-state index >= 15 is 0 Å². The average Bonchev–Trinajstić information content (AvgIpc) is 2.74. The van der Waals surface area contributed by atoms with E-state index in [0.717, 1.165) is 12.2 Å². The van der Waals surface area contributed by atoms with Crippen LogP contribution in [0.15, 0.2) is 0 Å². The number of hydrogen-bond acceptors (Lipinski definition) is 3. The van der Waals surface area contributed by atoms with Crippen LogP contribution in [0.3, 0.4) is 0 Å². The van der Waals surface area contributed by atoms with E-state index in [1.165, 1.54) is 51.4 Å². The monoisotopic (exact) mass is 266 g/mol. The number of aryl methyl sites for hydroxylation is 1.